The molecule has 2 atom stereocenters. The van der Waals surface area contributed by atoms with Gasteiger partial charge in [-0.2, -0.15) is 19.2 Å². The average Bonchev–Trinajstić information content (AvgIpc) is 3.38. The third-order valence-electron chi connectivity index (χ3n) is 6.09. The first kappa shape index (κ1) is 20.2. The van der Waals surface area contributed by atoms with E-state index in [-0.39, 0.29) is 12.1 Å². The minimum Gasteiger partial charge on any atom is -0.377 e. The van der Waals surface area contributed by atoms with Gasteiger partial charge in [-0.3, -0.25) is 5.10 Å². The highest BCUT2D eigenvalue weighted by Crippen LogP contribution is 2.38. The van der Waals surface area contributed by atoms with E-state index in [9.17, 15) is 8.42 Å². The van der Waals surface area contributed by atoms with Crippen LogP contribution in [0.5, 0.6) is 0 Å². The highest BCUT2D eigenvalue weighted by atomic mass is 32.2. The van der Waals surface area contributed by atoms with Crippen molar-refractivity contribution in [3.05, 3.63) is 41.6 Å². The molecule has 5 rings (SSSR count). The van der Waals surface area contributed by atoms with E-state index in [2.05, 4.69) is 28.6 Å². The number of hydrogen-bond acceptors (Lipinski definition) is 7. The van der Waals surface area contributed by atoms with Gasteiger partial charge in [0.05, 0.1) is 31.1 Å². The minimum atomic E-state index is -3.60. The van der Waals surface area contributed by atoms with Crippen LogP contribution in [-0.2, 0) is 21.2 Å². The van der Waals surface area contributed by atoms with Crippen molar-refractivity contribution in [2.24, 2.45) is 0 Å². The first-order valence-electron chi connectivity index (χ1n) is 10.3. The number of aromatic amines is 1. The molecule has 1 saturated heterocycles. The van der Waals surface area contributed by atoms with Crippen LogP contribution in [0.1, 0.15) is 31.1 Å². The van der Waals surface area contributed by atoms with Gasteiger partial charge in [-0.25, -0.2) is 13.4 Å². The number of nitrogens with one attached hydrogen (secondary N) is 1. The zero-order valence-corrected chi connectivity index (χ0v) is 18.3. The van der Waals surface area contributed by atoms with Gasteiger partial charge in [-0.15, -0.1) is 0 Å². The highest BCUT2D eigenvalue weighted by Gasteiger charge is 2.34. The molecule has 0 bridgehead atoms. The summed E-state index contributed by atoms with van der Waals surface area (Å²) in [6.45, 7) is 9.79. The van der Waals surface area contributed by atoms with Gasteiger partial charge >= 0.3 is 0 Å². The van der Waals surface area contributed by atoms with Crippen molar-refractivity contribution in [2.75, 3.05) is 31.2 Å². The minimum absolute atomic E-state index is 0.156. The average molecular weight is 444 g/mol. The van der Waals surface area contributed by atoms with Gasteiger partial charge in [-0.1, -0.05) is 6.58 Å². The molecular formula is C20H25N7O3S. The smallest absolute Gasteiger partial charge is 0.236 e. The SMILES string of the molecule is C=CS(=O)(=O)N1CCc2nn(-c3ccn[nH]3)c3nc(N4CCOC[C@H]4C)cc(c23)C1C. The summed E-state index contributed by atoms with van der Waals surface area (Å²) in [7, 11) is -3.60. The van der Waals surface area contributed by atoms with Crippen LogP contribution >= 0.6 is 0 Å². The van der Waals surface area contributed by atoms with Crippen LogP contribution < -0.4 is 4.90 Å². The number of ether oxygens (including phenoxy) is 1. The van der Waals surface area contributed by atoms with Crippen molar-refractivity contribution in [1.82, 2.24) is 29.3 Å². The monoisotopic (exact) mass is 443 g/mol. The molecule has 0 aromatic carbocycles. The summed E-state index contributed by atoms with van der Waals surface area (Å²) < 4.78 is 34.3. The van der Waals surface area contributed by atoms with Crippen molar-refractivity contribution >= 4 is 26.9 Å². The van der Waals surface area contributed by atoms with Crippen molar-refractivity contribution in [1.29, 1.82) is 0 Å². The number of H-pyrrole nitrogens is 1. The van der Waals surface area contributed by atoms with E-state index in [1.54, 1.807) is 10.9 Å². The van der Waals surface area contributed by atoms with Gasteiger partial charge in [0.25, 0.3) is 0 Å². The Balaban J connectivity index is 1.76. The van der Waals surface area contributed by atoms with Crippen LogP contribution in [0.4, 0.5) is 5.82 Å². The van der Waals surface area contributed by atoms with Crippen molar-refractivity contribution < 1.29 is 13.2 Å². The molecule has 0 spiro atoms. The maximum absolute atomic E-state index is 12.7. The molecule has 1 N–H and O–H groups in total. The normalized spacial score (nSPS) is 22.6. The number of nitrogens with zero attached hydrogens (tertiary/aromatic N) is 6. The lowest BCUT2D eigenvalue weighted by atomic mass is 10.0. The Labute approximate surface area is 180 Å². The Kier molecular flexibility index (Phi) is 4.83. The summed E-state index contributed by atoms with van der Waals surface area (Å²) in [5, 5.41) is 13.7. The van der Waals surface area contributed by atoms with Crippen LogP contribution in [0.2, 0.25) is 0 Å². The maximum atomic E-state index is 12.7. The largest absolute Gasteiger partial charge is 0.377 e. The van der Waals surface area contributed by atoms with Crippen LogP contribution in [0, 0.1) is 0 Å². The highest BCUT2D eigenvalue weighted by molar-refractivity contribution is 7.92. The third kappa shape index (κ3) is 3.24. The summed E-state index contributed by atoms with van der Waals surface area (Å²) in [5.74, 6) is 1.50. The molecule has 0 saturated carbocycles. The van der Waals surface area contributed by atoms with Crippen LogP contribution in [0.25, 0.3) is 16.9 Å². The molecule has 0 aliphatic carbocycles. The van der Waals surface area contributed by atoms with E-state index < -0.39 is 10.0 Å². The second-order valence-electron chi connectivity index (χ2n) is 7.93. The van der Waals surface area contributed by atoms with E-state index >= 15 is 0 Å². The lowest BCUT2D eigenvalue weighted by molar-refractivity contribution is 0.0985. The van der Waals surface area contributed by atoms with Crippen LogP contribution in [0.3, 0.4) is 0 Å². The topological polar surface area (TPSA) is 109 Å². The lowest BCUT2D eigenvalue weighted by Gasteiger charge is -2.35. The molecule has 3 aromatic rings. The van der Waals surface area contributed by atoms with Gasteiger partial charge in [0.15, 0.2) is 11.5 Å². The molecule has 1 unspecified atom stereocenters. The number of hydrogen-bond donors (Lipinski definition) is 1. The van der Waals surface area contributed by atoms with Gasteiger partial charge in [0, 0.05) is 42.4 Å². The molecule has 0 radical (unpaired) electrons. The molecule has 10 nitrogen and oxygen atoms in total. The number of aromatic nitrogens is 5. The van der Waals surface area contributed by atoms with Crippen molar-refractivity contribution in [2.45, 2.75) is 32.4 Å². The second-order valence-corrected chi connectivity index (χ2v) is 9.77. The standard InChI is InChI=1S/C20H25N7O3S/c1-4-31(28,29)26-8-6-16-19-15(14(26)3)11-18(25-9-10-30-12-13(25)2)22-20(19)27(24-16)17-5-7-21-23-17/h4-5,7,11,13-14H,1,6,8-10,12H2,2-3H3,(H,21,23)/t13-,14?/m1/s1. The number of sulfonamides is 1. The van der Waals surface area contributed by atoms with Gasteiger partial charge in [0.2, 0.25) is 10.0 Å². The number of morpholine rings is 1. The molecule has 1 fully saturated rings. The summed E-state index contributed by atoms with van der Waals surface area (Å²) in [6, 6.07) is 3.62. The summed E-state index contributed by atoms with van der Waals surface area (Å²) >= 11 is 0. The maximum Gasteiger partial charge on any atom is 0.236 e. The summed E-state index contributed by atoms with van der Waals surface area (Å²) in [6.07, 6.45) is 2.15. The summed E-state index contributed by atoms with van der Waals surface area (Å²) in [5.41, 5.74) is 2.40. The van der Waals surface area contributed by atoms with Gasteiger partial charge < -0.3 is 9.64 Å². The van der Waals surface area contributed by atoms with E-state index in [4.69, 9.17) is 14.8 Å². The molecule has 0 amide bonds. The lowest BCUT2D eigenvalue weighted by Crippen LogP contribution is -2.44. The molecule has 3 aromatic heterocycles. The van der Waals surface area contributed by atoms with E-state index in [1.807, 2.05) is 19.1 Å². The quantitative estimate of drug-likeness (QED) is 0.654. The predicted molar refractivity (Wildman–Crippen MR) is 117 cm³/mol. The van der Waals surface area contributed by atoms with Crippen LogP contribution in [-0.4, -0.2) is 70.0 Å². The molecule has 11 heteroatoms. The Morgan fingerprint density at radius 3 is 2.87 bits per heavy atom. The molecule has 2 aliphatic rings. The number of pyridine rings is 1. The molecule has 31 heavy (non-hydrogen) atoms. The second kappa shape index (κ2) is 7.43. The fraction of sp³-hybridized carbons (Fsp3) is 0.450. The summed E-state index contributed by atoms with van der Waals surface area (Å²) in [4.78, 5) is 7.19. The van der Waals surface area contributed by atoms with E-state index in [1.165, 1.54) is 4.31 Å². The molecular weight excluding hydrogens is 418 g/mol. The van der Waals surface area contributed by atoms with Gasteiger partial charge in [0.1, 0.15) is 5.82 Å². The first-order chi connectivity index (χ1) is 14.9. The van der Waals surface area contributed by atoms with Gasteiger partial charge in [-0.05, 0) is 25.5 Å². The van der Waals surface area contributed by atoms with E-state index in [0.717, 1.165) is 27.9 Å². The predicted octanol–water partition coefficient (Wildman–Crippen LogP) is 1.76. The Hall–Kier alpha value is -2.76. The Bertz CT molecular complexity index is 1240. The Morgan fingerprint density at radius 1 is 1.32 bits per heavy atom. The zero-order valence-electron chi connectivity index (χ0n) is 17.5. The van der Waals surface area contributed by atoms with Crippen molar-refractivity contribution in [3.8, 4) is 5.82 Å². The van der Waals surface area contributed by atoms with E-state index in [0.29, 0.717) is 44.2 Å². The third-order valence-corrected chi connectivity index (χ3v) is 7.67. The van der Waals surface area contributed by atoms with Crippen LogP contribution in [0.15, 0.2) is 30.3 Å². The van der Waals surface area contributed by atoms with Crippen molar-refractivity contribution in [3.63, 3.8) is 0 Å². The first-order valence-corrected chi connectivity index (χ1v) is 11.8. The fourth-order valence-corrected chi connectivity index (χ4v) is 5.56. The molecule has 164 valence electrons. The zero-order chi connectivity index (χ0) is 21.8. The number of anilines is 1. The Morgan fingerprint density at radius 2 is 2.16 bits per heavy atom. The molecule has 2 aliphatic heterocycles. The number of rotatable bonds is 4. The molecule has 5 heterocycles. The fourth-order valence-electron chi connectivity index (χ4n) is 4.47.